The Balaban J connectivity index is 1.55. The van der Waals surface area contributed by atoms with Crippen LogP contribution in [0.3, 0.4) is 0 Å². The van der Waals surface area contributed by atoms with Crippen molar-refractivity contribution in [2.75, 3.05) is 28.4 Å². The first-order chi connectivity index (χ1) is 16.4. The summed E-state index contributed by atoms with van der Waals surface area (Å²) in [7, 11) is 6.06. The topological polar surface area (TPSA) is 89.5 Å². The molecule has 0 N–H and O–H groups in total. The minimum absolute atomic E-state index is 0.142. The summed E-state index contributed by atoms with van der Waals surface area (Å²) in [5.74, 6) is 1.80. The molecule has 0 bridgehead atoms. The van der Waals surface area contributed by atoms with Gasteiger partial charge in [0.15, 0.2) is 17.3 Å². The minimum atomic E-state index is -0.609. The molecule has 34 heavy (non-hydrogen) atoms. The van der Waals surface area contributed by atoms with Crippen molar-refractivity contribution in [3.05, 3.63) is 77.0 Å². The van der Waals surface area contributed by atoms with Crippen molar-refractivity contribution in [1.29, 1.82) is 0 Å². The van der Waals surface area contributed by atoms with Crippen LogP contribution in [0.2, 0.25) is 0 Å². The zero-order chi connectivity index (χ0) is 24.2. The van der Waals surface area contributed by atoms with Crippen LogP contribution in [0.4, 0.5) is 0 Å². The minimum Gasteiger partial charge on any atom is -0.497 e. The third kappa shape index (κ3) is 4.52. The average Bonchev–Trinajstić information content (AvgIpc) is 3.17. The molecule has 0 saturated heterocycles. The van der Waals surface area contributed by atoms with Gasteiger partial charge in [0.1, 0.15) is 23.0 Å². The number of ketones is 1. The van der Waals surface area contributed by atoms with Crippen LogP contribution in [0.15, 0.2) is 60.4 Å². The van der Waals surface area contributed by atoms with Crippen molar-refractivity contribution < 1.29 is 38.0 Å². The number of esters is 1. The summed E-state index contributed by atoms with van der Waals surface area (Å²) in [5, 5.41) is 0. The molecule has 174 valence electrons. The molecular weight excluding hydrogens is 440 g/mol. The lowest BCUT2D eigenvalue weighted by molar-refractivity contribution is 0.0733. The van der Waals surface area contributed by atoms with Crippen LogP contribution in [-0.2, 0) is 0 Å². The molecule has 0 unspecified atom stereocenters. The number of allylic oxidation sites excluding steroid dienone is 1. The molecule has 0 fully saturated rings. The van der Waals surface area contributed by atoms with Crippen molar-refractivity contribution in [1.82, 2.24) is 0 Å². The maximum Gasteiger partial charge on any atom is 0.343 e. The summed E-state index contributed by atoms with van der Waals surface area (Å²) in [6, 6.07) is 14.6. The van der Waals surface area contributed by atoms with Crippen LogP contribution in [0.25, 0.3) is 6.08 Å². The highest BCUT2D eigenvalue weighted by molar-refractivity contribution is 6.14. The first-order valence-corrected chi connectivity index (χ1v) is 10.2. The Bertz CT molecular complexity index is 1270. The summed E-state index contributed by atoms with van der Waals surface area (Å²) in [4.78, 5) is 25.4. The lowest BCUT2D eigenvalue weighted by atomic mass is 10.1. The number of hydrogen-bond donors (Lipinski definition) is 0. The monoisotopic (exact) mass is 462 g/mol. The SMILES string of the molecule is COc1cc(OC)cc(C(=O)Oc2ccc3c(c2)O/C(=C\c2ccc(OC)c(OC)c2)C3=O)c1. The average molecular weight is 462 g/mol. The molecule has 0 aromatic heterocycles. The van der Waals surface area contributed by atoms with Gasteiger partial charge in [-0.2, -0.15) is 0 Å². The lowest BCUT2D eigenvalue weighted by Crippen LogP contribution is -2.09. The van der Waals surface area contributed by atoms with Gasteiger partial charge >= 0.3 is 5.97 Å². The molecule has 0 radical (unpaired) electrons. The van der Waals surface area contributed by atoms with Gasteiger partial charge in [0.25, 0.3) is 0 Å². The van der Waals surface area contributed by atoms with Gasteiger partial charge in [0.05, 0.1) is 39.6 Å². The second-order valence-corrected chi connectivity index (χ2v) is 7.20. The van der Waals surface area contributed by atoms with E-state index in [2.05, 4.69) is 0 Å². The van der Waals surface area contributed by atoms with Crippen molar-refractivity contribution in [3.63, 3.8) is 0 Å². The molecule has 0 spiro atoms. The third-order valence-corrected chi connectivity index (χ3v) is 5.14. The van der Waals surface area contributed by atoms with Gasteiger partial charge in [-0.05, 0) is 48.0 Å². The fourth-order valence-corrected chi connectivity index (χ4v) is 3.42. The molecule has 0 saturated carbocycles. The van der Waals surface area contributed by atoms with E-state index in [0.29, 0.717) is 39.9 Å². The van der Waals surface area contributed by atoms with Crippen LogP contribution >= 0.6 is 0 Å². The smallest absolute Gasteiger partial charge is 0.343 e. The zero-order valence-corrected chi connectivity index (χ0v) is 19.0. The summed E-state index contributed by atoms with van der Waals surface area (Å²) >= 11 is 0. The molecule has 8 nitrogen and oxygen atoms in total. The Morgan fingerprint density at radius 1 is 0.765 bits per heavy atom. The maximum atomic E-state index is 12.8. The van der Waals surface area contributed by atoms with Crippen LogP contribution < -0.4 is 28.4 Å². The van der Waals surface area contributed by atoms with Gasteiger partial charge in [0, 0.05) is 12.1 Å². The summed E-state index contributed by atoms with van der Waals surface area (Å²) < 4.78 is 32.2. The van der Waals surface area contributed by atoms with E-state index in [9.17, 15) is 9.59 Å². The predicted octanol–water partition coefficient (Wildman–Crippen LogP) is 4.56. The van der Waals surface area contributed by atoms with Gasteiger partial charge in [-0.3, -0.25) is 4.79 Å². The van der Waals surface area contributed by atoms with Gasteiger partial charge in [-0.25, -0.2) is 4.79 Å². The summed E-state index contributed by atoms with van der Waals surface area (Å²) in [6.07, 6.45) is 1.61. The summed E-state index contributed by atoms with van der Waals surface area (Å²) in [6.45, 7) is 0. The standard InChI is InChI=1S/C26H22O8/c1-29-18-11-16(12-19(13-18)30-2)26(28)33-17-6-7-20-22(14-17)34-24(25(20)27)10-15-5-8-21(31-3)23(9-15)32-4/h5-14H,1-4H3/b24-10-. The normalized spacial score (nSPS) is 13.2. The number of Topliss-reactive ketones (excluding diaryl/α,β-unsaturated/α-hetero) is 1. The molecule has 4 rings (SSSR count). The number of carbonyl (C=O) groups excluding carboxylic acids is 2. The Morgan fingerprint density at radius 2 is 1.47 bits per heavy atom. The van der Waals surface area contributed by atoms with Crippen molar-refractivity contribution >= 4 is 17.8 Å². The molecule has 0 atom stereocenters. The number of hydrogen-bond acceptors (Lipinski definition) is 8. The van der Waals surface area contributed by atoms with Crippen LogP contribution in [0, 0.1) is 0 Å². The van der Waals surface area contributed by atoms with E-state index in [-0.39, 0.29) is 22.9 Å². The Kier molecular flexibility index (Phi) is 6.40. The number of ether oxygens (including phenoxy) is 6. The van der Waals surface area contributed by atoms with Gasteiger partial charge in [-0.15, -0.1) is 0 Å². The first kappa shape index (κ1) is 22.7. The third-order valence-electron chi connectivity index (χ3n) is 5.14. The molecule has 3 aromatic carbocycles. The van der Waals surface area contributed by atoms with Crippen molar-refractivity contribution in [3.8, 4) is 34.5 Å². The lowest BCUT2D eigenvalue weighted by Gasteiger charge is -2.09. The van der Waals surface area contributed by atoms with E-state index in [4.69, 9.17) is 28.4 Å². The molecule has 8 heteroatoms. The highest BCUT2D eigenvalue weighted by atomic mass is 16.5. The zero-order valence-electron chi connectivity index (χ0n) is 19.0. The number of benzene rings is 3. The second-order valence-electron chi connectivity index (χ2n) is 7.20. The Labute approximate surface area is 196 Å². The Morgan fingerprint density at radius 3 is 2.12 bits per heavy atom. The van der Waals surface area contributed by atoms with Gasteiger partial charge in [0.2, 0.25) is 5.78 Å². The number of carbonyl (C=O) groups is 2. The highest BCUT2D eigenvalue weighted by Crippen LogP contribution is 2.36. The van der Waals surface area contributed by atoms with E-state index in [1.54, 1.807) is 55.7 Å². The first-order valence-electron chi connectivity index (χ1n) is 10.2. The van der Waals surface area contributed by atoms with E-state index < -0.39 is 5.97 Å². The van der Waals surface area contributed by atoms with Crippen LogP contribution in [0.5, 0.6) is 34.5 Å². The molecule has 1 aliphatic rings. The number of rotatable bonds is 7. The largest absolute Gasteiger partial charge is 0.497 e. The van der Waals surface area contributed by atoms with Gasteiger partial charge in [-0.1, -0.05) is 6.07 Å². The van der Waals surface area contributed by atoms with Gasteiger partial charge < -0.3 is 28.4 Å². The van der Waals surface area contributed by atoms with E-state index in [0.717, 1.165) is 0 Å². The molecule has 1 heterocycles. The quantitative estimate of drug-likeness (QED) is 0.287. The number of methoxy groups -OCH3 is 4. The fourth-order valence-electron chi connectivity index (χ4n) is 3.42. The molecule has 0 aliphatic carbocycles. The van der Waals surface area contributed by atoms with Crippen molar-refractivity contribution in [2.45, 2.75) is 0 Å². The van der Waals surface area contributed by atoms with E-state index >= 15 is 0 Å². The highest BCUT2D eigenvalue weighted by Gasteiger charge is 2.28. The van der Waals surface area contributed by atoms with Crippen molar-refractivity contribution in [2.24, 2.45) is 0 Å². The molecule has 1 aliphatic heterocycles. The second kappa shape index (κ2) is 9.58. The van der Waals surface area contributed by atoms with E-state index in [1.807, 2.05) is 0 Å². The number of fused-ring (bicyclic) bond motifs is 1. The molecular formula is C26H22O8. The predicted molar refractivity (Wildman–Crippen MR) is 123 cm³/mol. The fraction of sp³-hybridized carbons (Fsp3) is 0.154. The maximum absolute atomic E-state index is 12.8. The van der Waals surface area contributed by atoms with E-state index in [1.165, 1.54) is 33.5 Å². The Hall–Kier alpha value is -4.46. The van der Waals surface area contributed by atoms with Crippen LogP contribution in [-0.4, -0.2) is 40.2 Å². The summed E-state index contributed by atoms with van der Waals surface area (Å²) in [5.41, 5.74) is 1.32. The van der Waals surface area contributed by atoms with Crippen LogP contribution in [0.1, 0.15) is 26.3 Å². The molecule has 3 aromatic rings. The molecule has 0 amide bonds.